The van der Waals surface area contributed by atoms with E-state index in [0.717, 1.165) is 63.0 Å². The highest BCUT2D eigenvalue weighted by molar-refractivity contribution is 7.92. The highest BCUT2D eigenvalue weighted by Crippen LogP contribution is 2.44. The van der Waals surface area contributed by atoms with Crippen LogP contribution in [0.5, 0.6) is 0 Å². The summed E-state index contributed by atoms with van der Waals surface area (Å²) in [6.45, 7) is 3.76. The number of benzene rings is 2. The summed E-state index contributed by atoms with van der Waals surface area (Å²) >= 11 is 0. The second kappa shape index (κ2) is 11.3. The monoisotopic (exact) mass is 549 g/mol. The van der Waals surface area contributed by atoms with Crippen LogP contribution in [0.4, 0.5) is 11.4 Å². The molecule has 2 aromatic rings. The molecule has 5 rings (SSSR count). The van der Waals surface area contributed by atoms with E-state index < -0.39 is 15.8 Å². The predicted octanol–water partition coefficient (Wildman–Crippen LogP) is 5.68. The van der Waals surface area contributed by atoms with E-state index in [4.69, 9.17) is 4.74 Å². The fraction of sp³-hybridized carbons (Fsp3) is 0.484. The summed E-state index contributed by atoms with van der Waals surface area (Å²) in [5.74, 6) is 0.153. The van der Waals surface area contributed by atoms with Gasteiger partial charge in [-0.05, 0) is 79.0 Å². The maximum absolute atomic E-state index is 13.7. The van der Waals surface area contributed by atoms with Crippen LogP contribution in [0.1, 0.15) is 66.9 Å². The Morgan fingerprint density at radius 1 is 1.05 bits per heavy atom. The first kappa shape index (κ1) is 27.6. The minimum atomic E-state index is -2.36. The Bertz CT molecular complexity index is 1390. The van der Waals surface area contributed by atoms with Crippen molar-refractivity contribution in [1.82, 2.24) is 5.32 Å². The summed E-state index contributed by atoms with van der Waals surface area (Å²) in [4.78, 5) is 27.0. The third kappa shape index (κ3) is 6.44. The maximum Gasteiger partial charge on any atom is 0.252 e. The summed E-state index contributed by atoms with van der Waals surface area (Å²) in [6, 6.07) is 12.2. The molecular weight excluding hydrogens is 510 g/mol. The summed E-state index contributed by atoms with van der Waals surface area (Å²) < 4.78 is 21.9. The quantitative estimate of drug-likeness (QED) is 0.484. The number of nitrogens with one attached hydrogen (secondary N) is 2. The van der Waals surface area contributed by atoms with E-state index in [1.807, 2.05) is 12.1 Å². The molecule has 2 fully saturated rings. The van der Waals surface area contributed by atoms with Gasteiger partial charge in [0.1, 0.15) is 6.04 Å². The van der Waals surface area contributed by atoms with Gasteiger partial charge < -0.3 is 15.4 Å². The molecule has 0 aromatic heterocycles. The van der Waals surface area contributed by atoms with E-state index >= 15 is 0 Å². The Labute approximate surface area is 232 Å². The lowest BCUT2D eigenvalue weighted by molar-refractivity contribution is -0.119. The Hall–Kier alpha value is -2.97. The van der Waals surface area contributed by atoms with Gasteiger partial charge in [-0.1, -0.05) is 44.1 Å². The van der Waals surface area contributed by atoms with Crippen LogP contribution in [0.25, 0.3) is 6.08 Å². The predicted molar refractivity (Wildman–Crippen MR) is 157 cm³/mol. The lowest BCUT2D eigenvalue weighted by Gasteiger charge is -2.33. The number of hydrogen-bond acceptors (Lipinski definition) is 5. The summed E-state index contributed by atoms with van der Waals surface area (Å²) in [6.07, 6.45) is 13.3. The number of hydrogen-bond donors (Lipinski definition) is 2. The summed E-state index contributed by atoms with van der Waals surface area (Å²) in [5.41, 5.74) is 4.08. The van der Waals surface area contributed by atoms with Crippen LogP contribution in [-0.4, -0.2) is 47.8 Å². The van der Waals surface area contributed by atoms with Gasteiger partial charge in [-0.3, -0.25) is 9.59 Å². The van der Waals surface area contributed by atoms with Crippen LogP contribution in [0.3, 0.4) is 0 Å². The molecule has 0 bridgehead atoms. The summed E-state index contributed by atoms with van der Waals surface area (Å²) in [7, 11) is -2.36. The molecule has 8 heteroatoms. The van der Waals surface area contributed by atoms with Crippen LogP contribution < -0.4 is 10.6 Å². The van der Waals surface area contributed by atoms with Gasteiger partial charge in [-0.2, -0.15) is 4.36 Å². The number of ether oxygens (including phenoxy) is 1. The largest absolute Gasteiger partial charge is 0.381 e. The number of carbonyl (C=O) groups excluding carboxylic acids is 2. The molecule has 39 heavy (non-hydrogen) atoms. The van der Waals surface area contributed by atoms with Crippen LogP contribution in [0.15, 0.2) is 52.9 Å². The number of anilines is 1. The highest BCUT2D eigenvalue weighted by Gasteiger charge is 2.37. The molecule has 1 saturated heterocycles. The van der Waals surface area contributed by atoms with Crippen LogP contribution in [0.2, 0.25) is 0 Å². The molecule has 2 aromatic carbocycles. The van der Waals surface area contributed by atoms with Gasteiger partial charge in [0.2, 0.25) is 5.91 Å². The Balaban J connectivity index is 1.35. The second-order valence-electron chi connectivity index (χ2n) is 11.7. The second-order valence-corrected chi connectivity index (χ2v) is 14.2. The van der Waals surface area contributed by atoms with Crippen molar-refractivity contribution in [2.24, 2.45) is 16.2 Å². The molecule has 1 heterocycles. The molecule has 2 amide bonds. The van der Waals surface area contributed by atoms with Crippen molar-refractivity contribution in [3.05, 3.63) is 65.2 Å². The lowest BCUT2D eigenvalue weighted by atomic mass is 9.76. The number of fused-ring (bicyclic) bond motifs is 2. The van der Waals surface area contributed by atoms with Gasteiger partial charge in [0, 0.05) is 52.1 Å². The molecule has 3 aliphatic rings. The molecular formula is C31H39N3O4S. The van der Waals surface area contributed by atoms with Crippen molar-refractivity contribution in [3.63, 3.8) is 0 Å². The van der Waals surface area contributed by atoms with Crippen molar-refractivity contribution < 1.29 is 18.5 Å². The number of nitrogens with zero attached hydrogens (tertiary/aromatic N) is 1. The van der Waals surface area contributed by atoms with Gasteiger partial charge in [-0.25, -0.2) is 4.21 Å². The van der Waals surface area contributed by atoms with Crippen molar-refractivity contribution >= 4 is 39.0 Å². The van der Waals surface area contributed by atoms with E-state index in [1.54, 1.807) is 36.8 Å². The number of carbonyl (C=O) groups is 2. The molecule has 1 spiro atoms. The van der Waals surface area contributed by atoms with Crippen LogP contribution in [-0.2, 0) is 24.7 Å². The SMILES string of the molecule is CC1CCC([C@H](NC(=O)c2cccc(N=S(C)(C)=O)c2)C(=O)Nc2ccc3c(c2)C=CC32CCOCC2)CC1. The molecule has 1 aliphatic heterocycles. The fourth-order valence-corrected chi connectivity index (χ4v) is 6.78. The Morgan fingerprint density at radius 2 is 1.79 bits per heavy atom. The van der Waals surface area contributed by atoms with Crippen molar-refractivity contribution in [1.29, 1.82) is 0 Å². The molecule has 208 valence electrons. The molecule has 0 radical (unpaired) electrons. The Kier molecular flexibility index (Phi) is 7.96. The molecule has 2 N–H and O–H groups in total. The highest BCUT2D eigenvalue weighted by atomic mass is 32.2. The van der Waals surface area contributed by atoms with E-state index in [9.17, 15) is 13.8 Å². The molecule has 1 saturated carbocycles. The average molecular weight is 550 g/mol. The van der Waals surface area contributed by atoms with Gasteiger partial charge >= 0.3 is 0 Å². The minimum Gasteiger partial charge on any atom is -0.381 e. The van der Waals surface area contributed by atoms with E-state index in [-0.39, 0.29) is 23.1 Å². The summed E-state index contributed by atoms with van der Waals surface area (Å²) in [5, 5.41) is 6.14. The van der Waals surface area contributed by atoms with Crippen LogP contribution >= 0.6 is 0 Å². The lowest BCUT2D eigenvalue weighted by Crippen LogP contribution is -2.49. The third-order valence-corrected chi connectivity index (χ3v) is 9.01. The first-order chi connectivity index (χ1) is 18.6. The standard InChI is InChI=1S/C31H39N3O4S/c1-21-7-9-22(10-8-21)28(33-29(35)24-5-4-6-26(20-24)34-39(2,3)37)30(36)32-25-11-12-27-23(19-25)13-14-31(27)15-17-38-18-16-31/h4-6,11-14,19-22,28H,7-10,15-18H2,1-3H3,(H,32,36)(H,33,35)/t21?,22?,28-/m0/s1. The smallest absolute Gasteiger partial charge is 0.252 e. The van der Waals surface area contributed by atoms with Crippen molar-refractivity contribution in [3.8, 4) is 0 Å². The average Bonchev–Trinajstić information content (AvgIpc) is 3.24. The first-order valence-electron chi connectivity index (χ1n) is 13.9. The molecule has 7 nitrogen and oxygen atoms in total. The zero-order valence-corrected chi connectivity index (χ0v) is 23.9. The van der Waals surface area contributed by atoms with Crippen LogP contribution in [0, 0.1) is 11.8 Å². The van der Waals surface area contributed by atoms with Gasteiger partial charge in [0.05, 0.1) is 5.69 Å². The van der Waals surface area contributed by atoms with E-state index in [2.05, 4.69) is 40.1 Å². The number of allylic oxidation sites excluding steroid dienone is 1. The first-order valence-corrected chi connectivity index (χ1v) is 16.3. The van der Waals surface area contributed by atoms with Crippen molar-refractivity contribution in [2.45, 2.75) is 56.9 Å². The molecule has 1 atom stereocenters. The van der Waals surface area contributed by atoms with Gasteiger partial charge in [0.15, 0.2) is 0 Å². The van der Waals surface area contributed by atoms with E-state index in [0.29, 0.717) is 17.2 Å². The topological polar surface area (TPSA) is 96.9 Å². The third-order valence-electron chi connectivity index (χ3n) is 8.36. The normalized spacial score (nSPS) is 22.6. The number of rotatable bonds is 6. The minimum absolute atomic E-state index is 0.0367. The van der Waals surface area contributed by atoms with Gasteiger partial charge in [0.25, 0.3) is 5.91 Å². The van der Waals surface area contributed by atoms with Crippen molar-refractivity contribution in [2.75, 3.05) is 31.0 Å². The molecule has 0 unspecified atom stereocenters. The number of amides is 2. The zero-order valence-electron chi connectivity index (χ0n) is 23.1. The van der Waals surface area contributed by atoms with Gasteiger partial charge in [-0.15, -0.1) is 0 Å². The Morgan fingerprint density at radius 3 is 2.51 bits per heavy atom. The molecule has 2 aliphatic carbocycles. The fourth-order valence-electron chi connectivity index (χ4n) is 6.16. The zero-order chi connectivity index (χ0) is 27.6. The van der Waals surface area contributed by atoms with E-state index in [1.165, 1.54) is 5.56 Å². The maximum atomic E-state index is 13.7.